The van der Waals surface area contributed by atoms with Crippen molar-refractivity contribution in [3.63, 3.8) is 0 Å². The third-order valence-electron chi connectivity index (χ3n) is 5.26. The Hall–Kier alpha value is -0.860. The smallest absolute Gasteiger partial charge is 0.410 e. The number of piperidine rings is 1. The third-order valence-corrected chi connectivity index (χ3v) is 7.44. The molecule has 2 rings (SSSR count). The van der Waals surface area contributed by atoms with E-state index in [1.807, 2.05) is 27.7 Å². The summed E-state index contributed by atoms with van der Waals surface area (Å²) in [6.07, 6.45) is 0.869. The first-order chi connectivity index (χ1) is 11.7. The van der Waals surface area contributed by atoms with E-state index in [1.165, 1.54) is 0 Å². The lowest BCUT2D eigenvalue weighted by Gasteiger charge is -2.43. The van der Waals surface area contributed by atoms with Crippen LogP contribution in [-0.4, -0.2) is 61.6 Å². The van der Waals surface area contributed by atoms with Gasteiger partial charge in [-0.2, -0.15) is 0 Å². The molecule has 1 N–H and O–H groups in total. The molecule has 0 radical (unpaired) electrons. The molecule has 2 aliphatic heterocycles. The van der Waals surface area contributed by atoms with Crippen molar-refractivity contribution >= 4 is 16.1 Å². The summed E-state index contributed by atoms with van der Waals surface area (Å²) in [5.74, 6) is 0. The van der Waals surface area contributed by atoms with Crippen molar-refractivity contribution in [1.82, 2.24) is 9.62 Å². The Morgan fingerprint density at radius 2 is 1.69 bits per heavy atom. The second kappa shape index (κ2) is 6.95. The van der Waals surface area contributed by atoms with Crippen molar-refractivity contribution in [2.75, 3.05) is 19.7 Å². The molecule has 0 aliphatic carbocycles. The van der Waals surface area contributed by atoms with Gasteiger partial charge >= 0.3 is 6.09 Å². The highest BCUT2D eigenvalue weighted by Gasteiger charge is 2.52. The second-order valence-electron chi connectivity index (χ2n) is 9.56. The molecular formula is C18H34N2O5S. The highest BCUT2D eigenvalue weighted by Crippen LogP contribution is 2.43. The van der Waals surface area contributed by atoms with Crippen molar-refractivity contribution in [2.24, 2.45) is 5.41 Å². The molecule has 0 aromatic carbocycles. The van der Waals surface area contributed by atoms with Gasteiger partial charge in [0.2, 0.25) is 10.0 Å². The molecule has 8 heteroatoms. The number of ether oxygens (including phenoxy) is 2. The van der Waals surface area contributed by atoms with Gasteiger partial charge in [0.1, 0.15) is 5.60 Å². The van der Waals surface area contributed by atoms with E-state index in [4.69, 9.17) is 9.47 Å². The van der Waals surface area contributed by atoms with Crippen molar-refractivity contribution in [2.45, 2.75) is 83.8 Å². The number of rotatable bonds is 2. The predicted octanol–water partition coefficient (Wildman–Crippen LogP) is 2.51. The van der Waals surface area contributed by atoms with Crippen LogP contribution < -0.4 is 4.72 Å². The Kier molecular flexibility index (Phi) is 5.73. The van der Waals surface area contributed by atoms with Gasteiger partial charge < -0.3 is 14.4 Å². The summed E-state index contributed by atoms with van der Waals surface area (Å²) in [5, 5.41) is 0. The molecule has 0 aromatic rings. The number of hydrogen-bond donors (Lipinski definition) is 1. The molecule has 2 atom stereocenters. The quantitative estimate of drug-likeness (QED) is 0.783. The summed E-state index contributed by atoms with van der Waals surface area (Å²) < 4.78 is 38.6. The van der Waals surface area contributed by atoms with Crippen molar-refractivity contribution < 1.29 is 22.7 Å². The van der Waals surface area contributed by atoms with Gasteiger partial charge in [-0.05, 0) is 61.3 Å². The second-order valence-corrected chi connectivity index (χ2v) is 12.0. The van der Waals surface area contributed by atoms with Crippen molar-refractivity contribution in [1.29, 1.82) is 0 Å². The maximum Gasteiger partial charge on any atom is 0.410 e. The molecule has 0 unspecified atom stereocenters. The van der Waals surface area contributed by atoms with Gasteiger partial charge in [0, 0.05) is 18.5 Å². The van der Waals surface area contributed by atoms with Crippen LogP contribution in [0.5, 0.6) is 0 Å². The van der Waals surface area contributed by atoms with E-state index in [0.29, 0.717) is 32.5 Å². The predicted molar refractivity (Wildman–Crippen MR) is 100 cm³/mol. The molecule has 0 aromatic heterocycles. The van der Waals surface area contributed by atoms with Crippen LogP contribution in [0, 0.1) is 5.41 Å². The lowest BCUT2D eigenvalue weighted by Crippen LogP contribution is -2.57. The van der Waals surface area contributed by atoms with Crippen LogP contribution in [0.1, 0.15) is 61.3 Å². The first kappa shape index (κ1) is 21.4. The molecule has 1 spiro atoms. The number of carbonyl (C=O) groups excluding carboxylic acids is 1. The molecule has 2 fully saturated rings. The molecule has 2 saturated heterocycles. The van der Waals surface area contributed by atoms with Gasteiger partial charge in [0.05, 0.1) is 23.5 Å². The zero-order valence-electron chi connectivity index (χ0n) is 17.1. The zero-order chi connectivity index (χ0) is 20.0. The Bertz CT molecular complexity index is 625. The number of nitrogens with zero attached hydrogens (tertiary/aromatic N) is 1. The van der Waals surface area contributed by atoms with E-state index in [2.05, 4.69) is 4.72 Å². The first-order valence-electron chi connectivity index (χ1n) is 9.28. The maximum absolute atomic E-state index is 12.7. The first-order valence-corrected chi connectivity index (χ1v) is 10.8. The summed E-state index contributed by atoms with van der Waals surface area (Å²) in [4.78, 5) is 14.0. The molecular weight excluding hydrogens is 356 g/mol. The van der Waals surface area contributed by atoms with E-state index >= 15 is 0 Å². The minimum absolute atomic E-state index is 0.194. The summed E-state index contributed by atoms with van der Waals surface area (Å²) >= 11 is 0. The average Bonchev–Trinajstić information content (AvgIpc) is 2.74. The van der Waals surface area contributed by atoms with Crippen molar-refractivity contribution in [3.8, 4) is 0 Å². The van der Waals surface area contributed by atoms with Crippen LogP contribution in [0.2, 0.25) is 0 Å². The van der Waals surface area contributed by atoms with Gasteiger partial charge in [-0.25, -0.2) is 17.9 Å². The van der Waals surface area contributed by atoms with Crippen LogP contribution in [0.4, 0.5) is 4.79 Å². The fourth-order valence-electron chi connectivity index (χ4n) is 3.46. The number of likely N-dealkylation sites (tertiary alicyclic amines) is 1. The molecule has 1 amide bonds. The van der Waals surface area contributed by atoms with Crippen LogP contribution in [-0.2, 0) is 19.5 Å². The average molecular weight is 391 g/mol. The standard InChI is InChI=1S/C18H34N2O5S/c1-13-14(19-26(22,23)17(5,6)7)18(12-24-13)8-10-20(11-9-18)15(21)25-16(2,3)4/h13-14,19H,8-12H2,1-7H3/t13-,14+/m0/s1. The third kappa shape index (κ3) is 4.51. The largest absolute Gasteiger partial charge is 0.444 e. The molecule has 2 aliphatic rings. The van der Waals surface area contributed by atoms with Gasteiger partial charge in [-0.15, -0.1) is 0 Å². The van der Waals surface area contributed by atoms with E-state index in [-0.39, 0.29) is 23.7 Å². The SMILES string of the molecule is C[C@@H]1OCC2(CCN(C(=O)OC(C)(C)C)CC2)[C@@H]1NS(=O)(=O)C(C)(C)C. The Balaban J connectivity index is 2.09. The molecule has 2 heterocycles. The summed E-state index contributed by atoms with van der Waals surface area (Å²) in [7, 11) is -3.48. The summed E-state index contributed by atoms with van der Waals surface area (Å²) in [5.41, 5.74) is -0.807. The van der Waals surface area contributed by atoms with E-state index in [0.717, 1.165) is 0 Å². The van der Waals surface area contributed by atoms with Crippen LogP contribution >= 0.6 is 0 Å². The van der Waals surface area contributed by atoms with E-state index in [9.17, 15) is 13.2 Å². The summed E-state index contributed by atoms with van der Waals surface area (Å²) in [6, 6.07) is -0.285. The molecule has 0 saturated carbocycles. The highest BCUT2D eigenvalue weighted by molar-refractivity contribution is 7.90. The normalized spacial score (nSPS) is 27.0. The van der Waals surface area contributed by atoms with Crippen molar-refractivity contribution in [3.05, 3.63) is 0 Å². The minimum atomic E-state index is -3.48. The Morgan fingerprint density at radius 1 is 1.15 bits per heavy atom. The molecule has 0 bridgehead atoms. The fourth-order valence-corrected chi connectivity index (χ4v) is 4.59. The van der Waals surface area contributed by atoms with Crippen LogP contribution in [0.25, 0.3) is 0 Å². The Morgan fingerprint density at radius 3 is 2.15 bits per heavy atom. The van der Waals surface area contributed by atoms with E-state index in [1.54, 1.807) is 25.7 Å². The number of hydrogen-bond acceptors (Lipinski definition) is 5. The van der Waals surface area contributed by atoms with Crippen LogP contribution in [0.3, 0.4) is 0 Å². The van der Waals surface area contributed by atoms with Gasteiger partial charge in [0.15, 0.2) is 0 Å². The number of sulfonamides is 1. The fraction of sp³-hybridized carbons (Fsp3) is 0.944. The monoisotopic (exact) mass is 390 g/mol. The lowest BCUT2D eigenvalue weighted by molar-refractivity contribution is 0.00643. The number of carbonyl (C=O) groups is 1. The van der Waals surface area contributed by atoms with Crippen LogP contribution in [0.15, 0.2) is 0 Å². The molecule has 152 valence electrons. The molecule has 26 heavy (non-hydrogen) atoms. The van der Waals surface area contributed by atoms with Gasteiger partial charge in [-0.3, -0.25) is 0 Å². The van der Waals surface area contributed by atoms with E-state index < -0.39 is 20.4 Å². The zero-order valence-corrected chi connectivity index (χ0v) is 17.9. The highest BCUT2D eigenvalue weighted by atomic mass is 32.2. The van der Waals surface area contributed by atoms with Gasteiger partial charge in [-0.1, -0.05) is 0 Å². The number of amides is 1. The minimum Gasteiger partial charge on any atom is -0.444 e. The Labute approximate surface area is 157 Å². The van der Waals surface area contributed by atoms with Gasteiger partial charge in [0.25, 0.3) is 0 Å². The lowest BCUT2D eigenvalue weighted by atomic mass is 9.73. The molecule has 7 nitrogen and oxygen atoms in total. The number of nitrogens with one attached hydrogen (secondary N) is 1. The maximum atomic E-state index is 12.7. The topological polar surface area (TPSA) is 84.9 Å². The summed E-state index contributed by atoms with van der Waals surface area (Å²) in [6.45, 7) is 14.1.